The molecule has 0 radical (unpaired) electrons. The molecule has 3 aromatic rings. The van der Waals surface area contributed by atoms with Crippen LogP contribution in [0.15, 0.2) is 42.6 Å². The Morgan fingerprint density at radius 3 is 2.67 bits per heavy atom. The maximum absolute atomic E-state index is 12.2. The lowest BCUT2D eigenvalue weighted by Gasteiger charge is -2.26. The molecule has 2 fully saturated rings. The Bertz CT molecular complexity index is 1080. The van der Waals surface area contributed by atoms with E-state index in [9.17, 15) is 13.9 Å². The molecule has 30 heavy (non-hydrogen) atoms. The van der Waals surface area contributed by atoms with Crippen LogP contribution in [-0.4, -0.2) is 42.5 Å². The first-order valence-electron chi connectivity index (χ1n) is 10.3. The number of nitrogens with zero attached hydrogens (tertiary/aromatic N) is 1. The fraction of sp³-hybridized carbons (Fsp3) is 0.364. The van der Waals surface area contributed by atoms with Crippen LogP contribution in [0.2, 0.25) is 0 Å². The molecular weight excluding hydrogens is 400 g/mol. The SMILES string of the molecule is O=C(Nc1cc(-c2ccc(CNC3CCS(O)(O)C3)cc2)c2cc[nH]c2n1)C1CC1. The van der Waals surface area contributed by atoms with Gasteiger partial charge < -0.3 is 15.6 Å². The zero-order chi connectivity index (χ0) is 20.7. The van der Waals surface area contributed by atoms with Gasteiger partial charge in [-0.2, -0.15) is 10.6 Å². The molecule has 0 bridgehead atoms. The Labute approximate surface area is 176 Å². The molecule has 1 amide bonds. The normalized spacial score (nSPS) is 21.6. The number of benzene rings is 1. The highest BCUT2D eigenvalue weighted by Crippen LogP contribution is 2.45. The van der Waals surface area contributed by atoms with Crippen molar-refractivity contribution in [3.63, 3.8) is 0 Å². The van der Waals surface area contributed by atoms with E-state index in [4.69, 9.17) is 0 Å². The van der Waals surface area contributed by atoms with Gasteiger partial charge in [0.15, 0.2) is 0 Å². The van der Waals surface area contributed by atoms with Crippen LogP contribution < -0.4 is 10.6 Å². The molecule has 1 saturated heterocycles. The molecule has 1 aromatic carbocycles. The number of carbonyl (C=O) groups excluding carboxylic acids is 1. The number of amides is 1. The van der Waals surface area contributed by atoms with Crippen molar-refractivity contribution in [3.05, 3.63) is 48.2 Å². The molecule has 1 saturated carbocycles. The van der Waals surface area contributed by atoms with Gasteiger partial charge in [0.25, 0.3) is 0 Å². The fourth-order valence-corrected chi connectivity index (χ4v) is 5.72. The predicted molar refractivity (Wildman–Crippen MR) is 121 cm³/mol. The maximum Gasteiger partial charge on any atom is 0.228 e. The second-order valence-electron chi connectivity index (χ2n) is 8.29. The molecule has 5 rings (SSSR count). The highest BCUT2D eigenvalue weighted by atomic mass is 32.3. The maximum atomic E-state index is 12.2. The second-order valence-corrected chi connectivity index (χ2v) is 10.6. The van der Waals surface area contributed by atoms with Crippen molar-refractivity contribution >= 4 is 33.3 Å². The van der Waals surface area contributed by atoms with E-state index in [-0.39, 0.29) is 17.9 Å². The third-order valence-corrected chi connectivity index (χ3v) is 7.67. The van der Waals surface area contributed by atoms with Gasteiger partial charge in [0, 0.05) is 35.8 Å². The molecule has 3 heterocycles. The van der Waals surface area contributed by atoms with Crippen molar-refractivity contribution in [2.75, 3.05) is 16.8 Å². The summed E-state index contributed by atoms with van der Waals surface area (Å²) in [6.07, 6.45) is 4.58. The van der Waals surface area contributed by atoms with Crippen molar-refractivity contribution in [2.24, 2.45) is 5.92 Å². The Kier molecular flexibility index (Phi) is 5.02. The Morgan fingerprint density at radius 2 is 1.97 bits per heavy atom. The molecule has 158 valence electrons. The molecule has 1 aliphatic heterocycles. The van der Waals surface area contributed by atoms with E-state index in [0.717, 1.165) is 47.0 Å². The topological polar surface area (TPSA) is 110 Å². The van der Waals surface area contributed by atoms with E-state index in [0.29, 0.717) is 23.9 Å². The summed E-state index contributed by atoms with van der Waals surface area (Å²) in [4.78, 5) is 19.8. The minimum Gasteiger partial charge on any atom is -0.346 e. The zero-order valence-electron chi connectivity index (χ0n) is 16.6. The Balaban J connectivity index is 1.33. The van der Waals surface area contributed by atoms with Gasteiger partial charge in [0.2, 0.25) is 5.91 Å². The highest BCUT2D eigenvalue weighted by Gasteiger charge is 2.30. The van der Waals surface area contributed by atoms with Gasteiger partial charge in [-0.1, -0.05) is 24.3 Å². The lowest BCUT2D eigenvalue weighted by atomic mass is 10.0. The number of hydrogen-bond acceptors (Lipinski definition) is 5. The molecule has 2 aliphatic rings. The summed E-state index contributed by atoms with van der Waals surface area (Å²) in [5.74, 6) is 1.69. The first-order valence-corrected chi connectivity index (χ1v) is 12.2. The van der Waals surface area contributed by atoms with Gasteiger partial charge in [-0.25, -0.2) is 4.98 Å². The molecule has 1 aliphatic carbocycles. The third-order valence-electron chi connectivity index (χ3n) is 5.85. The summed E-state index contributed by atoms with van der Waals surface area (Å²) in [5.41, 5.74) is 3.98. The van der Waals surface area contributed by atoms with Gasteiger partial charge in [-0.05, 0) is 48.1 Å². The summed E-state index contributed by atoms with van der Waals surface area (Å²) in [7, 11) is -2.37. The van der Waals surface area contributed by atoms with Crippen molar-refractivity contribution in [3.8, 4) is 11.1 Å². The Morgan fingerprint density at radius 1 is 1.17 bits per heavy atom. The monoisotopic (exact) mass is 426 g/mol. The third kappa shape index (κ3) is 4.22. The quantitative estimate of drug-likeness (QED) is 0.406. The number of anilines is 1. The van der Waals surface area contributed by atoms with Gasteiger partial charge >= 0.3 is 0 Å². The van der Waals surface area contributed by atoms with Crippen LogP contribution >= 0.6 is 10.6 Å². The predicted octanol–water partition coefficient (Wildman–Crippen LogP) is 4.19. The number of hydrogen-bond donors (Lipinski definition) is 5. The average Bonchev–Trinajstić information content (AvgIpc) is 3.38. The van der Waals surface area contributed by atoms with Crippen LogP contribution in [0.25, 0.3) is 22.2 Å². The number of nitrogens with one attached hydrogen (secondary N) is 3. The van der Waals surface area contributed by atoms with Gasteiger partial charge in [-0.3, -0.25) is 13.9 Å². The molecule has 8 heteroatoms. The number of fused-ring (bicyclic) bond motifs is 1. The number of H-pyrrole nitrogens is 1. The van der Waals surface area contributed by atoms with Crippen molar-refractivity contribution in [1.29, 1.82) is 0 Å². The largest absolute Gasteiger partial charge is 0.346 e. The van der Waals surface area contributed by atoms with E-state index < -0.39 is 10.6 Å². The minimum atomic E-state index is -2.37. The first kappa shape index (κ1) is 19.6. The van der Waals surface area contributed by atoms with Crippen LogP contribution in [-0.2, 0) is 11.3 Å². The van der Waals surface area contributed by atoms with Crippen LogP contribution in [0.5, 0.6) is 0 Å². The van der Waals surface area contributed by atoms with Crippen molar-refractivity contribution < 1.29 is 13.9 Å². The lowest BCUT2D eigenvalue weighted by molar-refractivity contribution is -0.117. The van der Waals surface area contributed by atoms with E-state index in [2.05, 4.69) is 44.9 Å². The minimum absolute atomic E-state index is 0.0457. The lowest BCUT2D eigenvalue weighted by Crippen LogP contribution is -2.28. The number of carbonyl (C=O) groups is 1. The molecule has 2 aromatic heterocycles. The van der Waals surface area contributed by atoms with Crippen LogP contribution in [0.4, 0.5) is 5.82 Å². The zero-order valence-corrected chi connectivity index (χ0v) is 17.4. The van der Waals surface area contributed by atoms with Crippen LogP contribution in [0, 0.1) is 5.92 Å². The Hall–Kier alpha value is -2.39. The fourth-order valence-electron chi connectivity index (χ4n) is 3.96. The number of aromatic amines is 1. The van der Waals surface area contributed by atoms with Crippen molar-refractivity contribution in [2.45, 2.75) is 31.8 Å². The van der Waals surface area contributed by atoms with Gasteiger partial charge in [-0.15, -0.1) is 0 Å². The van der Waals surface area contributed by atoms with Crippen molar-refractivity contribution in [1.82, 2.24) is 15.3 Å². The summed E-state index contributed by atoms with van der Waals surface area (Å²) in [6.45, 7) is 0.694. The molecule has 5 N–H and O–H groups in total. The molecular formula is C22H26N4O3S. The van der Waals surface area contributed by atoms with E-state index in [1.54, 1.807) is 0 Å². The summed E-state index contributed by atoms with van der Waals surface area (Å²) in [5, 5.41) is 7.39. The van der Waals surface area contributed by atoms with E-state index >= 15 is 0 Å². The van der Waals surface area contributed by atoms with E-state index in [1.165, 1.54) is 0 Å². The summed E-state index contributed by atoms with van der Waals surface area (Å²) < 4.78 is 19.5. The van der Waals surface area contributed by atoms with E-state index in [1.807, 2.05) is 18.3 Å². The van der Waals surface area contributed by atoms with Gasteiger partial charge in [0.1, 0.15) is 11.5 Å². The smallest absolute Gasteiger partial charge is 0.228 e. The molecule has 1 unspecified atom stereocenters. The first-order chi connectivity index (χ1) is 14.5. The number of aromatic nitrogens is 2. The van der Waals surface area contributed by atoms with Gasteiger partial charge in [0.05, 0.1) is 5.75 Å². The summed E-state index contributed by atoms with van der Waals surface area (Å²) in [6, 6.07) is 12.4. The molecule has 7 nitrogen and oxygen atoms in total. The highest BCUT2D eigenvalue weighted by molar-refractivity contribution is 8.24. The van der Waals surface area contributed by atoms with Crippen LogP contribution in [0.3, 0.4) is 0 Å². The molecule has 1 atom stereocenters. The average molecular weight is 427 g/mol. The number of pyridine rings is 1. The summed E-state index contributed by atoms with van der Waals surface area (Å²) >= 11 is 0. The standard InChI is InChI=1S/C22H26N4O3S/c27-22(16-5-6-16)26-20-11-19(18-7-9-23-21(18)25-20)15-3-1-14(2-4-15)12-24-17-8-10-30(28,29)13-17/h1-4,7,9,11,16-17,24,28-29H,5-6,8,10,12-13H2,(H2,23,25,26,27). The number of rotatable bonds is 6. The second kappa shape index (κ2) is 7.70. The van der Waals surface area contributed by atoms with Crippen LogP contribution in [0.1, 0.15) is 24.8 Å². The molecule has 0 spiro atoms.